The monoisotopic (exact) mass is 229 g/mol. The lowest BCUT2D eigenvalue weighted by atomic mass is 10.2. The lowest BCUT2D eigenvalue weighted by Gasteiger charge is -2.12. The molecule has 0 aliphatic heterocycles. The van der Waals surface area contributed by atoms with Crippen LogP contribution in [0.1, 0.15) is 24.2 Å². The molecule has 1 unspecified atom stereocenters. The van der Waals surface area contributed by atoms with E-state index in [9.17, 15) is 5.11 Å². The molecule has 0 saturated carbocycles. The van der Waals surface area contributed by atoms with Gasteiger partial charge in [-0.05, 0) is 24.6 Å². The van der Waals surface area contributed by atoms with Crippen LogP contribution in [0.15, 0.2) is 42.9 Å². The molecule has 0 aliphatic rings. The van der Waals surface area contributed by atoms with Gasteiger partial charge in [-0.2, -0.15) is 0 Å². The second kappa shape index (κ2) is 5.41. The van der Waals surface area contributed by atoms with Gasteiger partial charge in [0.15, 0.2) is 0 Å². The standard InChI is InChI=1S/C13H15N3O/c1-10(13-9-14-6-7-15-13)16-8-11-2-4-12(17)5-3-11/h2-7,9-10,16-17H,8H2,1H3. The number of nitrogens with one attached hydrogen (secondary N) is 1. The normalized spacial score (nSPS) is 12.3. The molecule has 1 aromatic heterocycles. The van der Waals surface area contributed by atoms with Gasteiger partial charge in [-0.3, -0.25) is 9.97 Å². The van der Waals surface area contributed by atoms with Crippen LogP contribution in [-0.4, -0.2) is 15.1 Å². The molecule has 1 heterocycles. The minimum Gasteiger partial charge on any atom is -0.508 e. The lowest BCUT2D eigenvalue weighted by molar-refractivity contribution is 0.474. The molecule has 0 bridgehead atoms. The molecular formula is C13H15N3O. The van der Waals surface area contributed by atoms with Crippen LogP contribution < -0.4 is 5.32 Å². The molecule has 1 aromatic carbocycles. The fourth-order valence-electron chi connectivity index (χ4n) is 1.52. The van der Waals surface area contributed by atoms with Crippen LogP contribution in [0.3, 0.4) is 0 Å². The third-order valence-electron chi connectivity index (χ3n) is 2.58. The van der Waals surface area contributed by atoms with Gasteiger partial charge in [0, 0.05) is 31.2 Å². The second-order valence-electron chi connectivity index (χ2n) is 3.90. The lowest BCUT2D eigenvalue weighted by Crippen LogP contribution is -2.19. The van der Waals surface area contributed by atoms with Crippen molar-refractivity contribution in [1.29, 1.82) is 0 Å². The molecule has 0 saturated heterocycles. The topological polar surface area (TPSA) is 58.0 Å². The molecule has 0 fully saturated rings. The predicted molar refractivity (Wildman–Crippen MR) is 65.4 cm³/mol. The average molecular weight is 229 g/mol. The predicted octanol–water partition coefficient (Wildman–Crippen LogP) is 2.03. The first-order valence-corrected chi connectivity index (χ1v) is 5.53. The van der Waals surface area contributed by atoms with Crippen LogP contribution in [0.4, 0.5) is 0 Å². The number of hydrogen-bond acceptors (Lipinski definition) is 4. The minimum absolute atomic E-state index is 0.150. The Morgan fingerprint density at radius 1 is 1.24 bits per heavy atom. The SMILES string of the molecule is CC(NCc1ccc(O)cc1)c1cnccn1. The second-order valence-corrected chi connectivity index (χ2v) is 3.90. The quantitative estimate of drug-likeness (QED) is 0.842. The van der Waals surface area contributed by atoms with E-state index in [2.05, 4.69) is 15.3 Å². The molecule has 0 aliphatic carbocycles. The van der Waals surface area contributed by atoms with Gasteiger partial charge in [-0.15, -0.1) is 0 Å². The Bertz CT molecular complexity index is 456. The highest BCUT2D eigenvalue weighted by Crippen LogP contribution is 2.11. The Morgan fingerprint density at radius 2 is 2.00 bits per heavy atom. The van der Waals surface area contributed by atoms with E-state index in [4.69, 9.17) is 0 Å². The van der Waals surface area contributed by atoms with Gasteiger partial charge in [-0.25, -0.2) is 0 Å². The number of phenols is 1. The maximum Gasteiger partial charge on any atom is 0.115 e. The molecule has 0 spiro atoms. The summed E-state index contributed by atoms with van der Waals surface area (Å²) in [6, 6.07) is 7.31. The highest BCUT2D eigenvalue weighted by Gasteiger charge is 2.05. The summed E-state index contributed by atoms with van der Waals surface area (Å²) < 4.78 is 0. The van der Waals surface area contributed by atoms with E-state index in [0.29, 0.717) is 0 Å². The van der Waals surface area contributed by atoms with E-state index in [1.54, 1.807) is 30.7 Å². The molecule has 4 heteroatoms. The molecule has 0 amide bonds. The number of nitrogens with zero attached hydrogens (tertiary/aromatic N) is 2. The first-order chi connectivity index (χ1) is 8.25. The van der Waals surface area contributed by atoms with E-state index in [-0.39, 0.29) is 11.8 Å². The average Bonchev–Trinajstić information content (AvgIpc) is 2.39. The van der Waals surface area contributed by atoms with Crippen LogP contribution in [0.5, 0.6) is 5.75 Å². The number of aromatic hydroxyl groups is 1. The first-order valence-electron chi connectivity index (χ1n) is 5.53. The fraction of sp³-hybridized carbons (Fsp3) is 0.231. The molecular weight excluding hydrogens is 214 g/mol. The van der Waals surface area contributed by atoms with Crippen molar-refractivity contribution in [2.24, 2.45) is 0 Å². The van der Waals surface area contributed by atoms with E-state index >= 15 is 0 Å². The van der Waals surface area contributed by atoms with E-state index in [1.807, 2.05) is 19.1 Å². The molecule has 1 atom stereocenters. The smallest absolute Gasteiger partial charge is 0.115 e. The van der Waals surface area contributed by atoms with E-state index < -0.39 is 0 Å². The van der Waals surface area contributed by atoms with Crippen molar-refractivity contribution in [2.75, 3.05) is 0 Å². The highest BCUT2D eigenvalue weighted by atomic mass is 16.3. The summed E-state index contributed by atoms with van der Waals surface area (Å²) in [7, 11) is 0. The van der Waals surface area contributed by atoms with Crippen LogP contribution >= 0.6 is 0 Å². The van der Waals surface area contributed by atoms with Crippen molar-refractivity contribution < 1.29 is 5.11 Å². The Balaban J connectivity index is 1.92. The maximum absolute atomic E-state index is 9.17. The summed E-state index contributed by atoms with van der Waals surface area (Å²) in [5.41, 5.74) is 2.05. The largest absolute Gasteiger partial charge is 0.508 e. The summed E-state index contributed by atoms with van der Waals surface area (Å²) >= 11 is 0. The third kappa shape index (κ3) is 3.26. The summed E-state index contributed by atoms with van der Waals surface area (Å²) in [6.07, 6.45) is 5.11. The van der Waals surface area contributed by atoms with Crippen LogP contribution in [0.2, 0.25) is 0 Å². The zero-order chi connectivity index (χ0) is 12.1. The van der Waals surface area contributed by atoms with Gasteiger partial charge in [0.2, 0.25) is 0 Å². The number of benzene rings is 1. The van der Waals surface area contributed by atoms with Crippen molar-refractivity contribution in [2.45, 2.75) is 19.5 Å². The van der Waals surface area contributed by atoms with Crippen molar-refractivity contribution in [3.8, 4) is 5.75 Å². The van der Waals surface area contributed by atoms with Gasteiger partial charge in [0.25, 0.3) is 0 Å². The zero-order valence-corrected chi connectivity index (χ0v) is 9.67. The Kier molecular flexibility index (Phi) is 3.67. The van der Waals surface area contributed by atoms with Crippen molar-refractivity contribution in [3.05, 3.63) is 54.1 Å². The summed E-state index contributed by atoms with van der Waals surface area (Å²) in [5.74, 6) is 0.288. The molecule has 2 aromatic rings. The van der Waals surface area contributed by atoms with Crippen LogP contribution in [0.25, 0.3) is 0 Å². The summed E-state index contributed by atoms with van der Waals surface area (Å²) in [6.45, 7) is 2.78. The number of phenolic OH excluding ortho intramolecular Hbond substituents is 1. The summed E-state index contributed by atoms with van der Waals surface area (Å²) in [5, 5.41) is 12.5. The molecule has 88 valence electrons. The maximum atomic E-state index is 9.17. The summed E-state index contributed by atoms with van der Waals surface area (Å²) in [4.78, 5) is 8.28. The minimum atomic E-state index is 0.150. The van der Waals surface area contributed by atoms with Crippen molar-refractivity contribution in [3.63, 3.8) is 0 Å². The Labute approximate surface area is 100 Å². The molecule has 17 heavy (non-hydrogen) atoms. The molecule has 2 N–H and O–H groups in total. The third-order valence-corrected chi connectivity index (χ3v) is 2.58. The van der Waals surface area contributed by atoms with Crippen LogP contribution in [-0.2, 0) is 6.54 Å². The van der Waals surface area contributed by atoms with Gasteiger partial charge < -0.3 is 10.4 Å². The molecule has 4 nitrogen and oxygen atoms in total. The first kappa shape index (κ1) is 11.5. The number of rotatable bonds is 4. The number of hydrogen-bond donors (Lipinski definition) is 2. The molecule has 0 radical (unpaired) electrons. The zero-order valence-electron chi connectivity index (χ0n) is 9.67. The van der Waals surface area contributed by atoms with Gasteiger partial charge in [0.1, 0.15) is 5.75 Å². The number of aromatic nitrogens is 2. The van der Waals surface area contributed by atoms with Crippen LogP contribution in [0, 0.1) is 0 Å². The van der Waals surface area contributed by atoms with E-state index in [1.165, 1.54) is 0 Å². The Hall–Kier alpha value is -1.94. The molecule has 2 rings (SSSR count). The van der Waals surface area contributed by atoms with Crippen molar-refractivity contribution >= 4 is 0 Å². The Morgan fingerprint density at radius 3 is 2.65 bits per heavy atom. The fourth-order valence-corrected chi connectivity index (χ4v) is 1.52. The van der Waals surface area contributed by atoms with Gasteiger partial charge in [0.05, 0.1) is 5.69 Å². The highest BCUT2D eigenvalue weighted by molar-refractivity contribution is 5.25. The van der Waals surface area contributed by atoms with Gasteiger partial charge >= 0.3 is 0 Å². The van der Waals surface area contributed by atoms with Crippen molar-refractivity contribution in [1.82, 2.24) is 15.3 Å². The van der Waals surface area contributed by atoms with E-state index in [0.717, 1.165) is 17.8 Å². The van der Waals surface area contributed by atoms with Gasteiger partial charge in [-0.1, -0.05) is 12.1 Å².